The van der Waals surface area contributed by atoms with Gasteiger partial charge in [-0.3, -0.25) is 0 Å². The molecule has 0 saturated heterocycles. The number of aromatic nitrogens is 1. The molecule has 2 amide bonds. The minimum atomic E-state index is -0.585. The van der Waals surface area contributed by atoms with Gasteiger partial charge in [0.1, 0.15) is 5.82 Å². The molecule has 1 aromatic heterocycles. The summed E-state index contributed by atoms with van der Waals surface area (Å²) in [7, 11) is 0. The quantitative estimate of drug-likeness (QED) is 0.644. The normalized spacial score (nSPS) is 11.5. The largest absolute Gasteiger partial charge is 0.361 e. The van der Waals surface area contributed by atoms with Crippen LogP contribution >= 0.6 is 0 Å². The highest BCUT2D eigenvalue weighted by Gasteiger charge is 2.22. The van der Waals surface area contributed by atoms with Crippen molar-refractivity contribution in [1.29, 1.82) is 0 Å². The summed E-state index contributed by atoms with van der Waals surface area (Å²) in [6, 6.07) is 14.0. The SMILES string of the molecule is CC(C)(NC(=O)NCCc1c[nH]c2ccccc12)c1ccc(F)cc1. The number of H-pyrrole nitrogens is 1. The highest BCUT2D eigenvalue weighted by Crippen LogP contribution is 2.20. The first-order chi connectivity index (χ1) is 12.0. The number of fused-ring (bicyclic) bond motifs is 1. The standard InChI is InChI=1S/C20H22FN3O/c1-20(2,15-7-9-16(21)10-8-15)24-19(25)22-12-11-14-13-23-18-6-4-3-5-17(14)18/h3-10,13,23H,11-12H2,1-2H3,(H2,22,24,25). The molecule has 3 rings (SSSR count). The summed E-state index contributed by atoms with van der Waals surface area (Å²) < 4.78 is 13.0. The van der Waals surface area contributed by atoms with Crippen molar-refractivity contribution in [2.75, 3.05) is 6.54 Å². The Hall–Kier alpha value is -2.82. The van der Waals surface area contributed by atoms with Crippen LogP contribution in [0.5, 0.6) is 0 Å². The lowest BCUT2D eigenvalue weighted by molar-refractivity contribution is 0.230. The summed E-state index contributed by atoms with van der Waals surface area (Å²) >= 11 is 0. The van der Waals surface area contributed by atoms with Gasteiger partial charge in [0.15, 0.2) is 0 Å². The van der Waals surface area contributed by atoms with Crippen LogP contribution in [0.2, 0.25) is 0 Å². The van der Waals surface area contributed by atoms with Crippen molar-refractivity contribution in [1.82, 2.24) is 15.6 Å². The number of halogens is 1. The molecular weight excluding hydrogens is 317 g/mol. The number of carbonyl (C=O) groups excluding carboxylic acids is 1. The zero-order valence-corrected chi connectivity index (χ0v) is 14.4. The van der Waals surface area contributed by atoms with Crippen molar-refractivity contribution in [3.8, 4) is 0 Å². The summed E-state index contributed by atoms with van der Waals surface area (Å²) in [5.74, 6) is -0.289. The van der Waals surface area contributed by atoms with E-state index < -0.39 is 5.54 Å². The summed E-state index contributed by atoms with van der Waals surface area (Å²) in [6.07, 6.45) is 2.72. The Kier molecular flexibility index (Phi) is 4.74. The number of rotatable bonds is 5. The van der Waals surface area contributed by atoms with Crippen molar-refractivity contribution in [3.05, 3.63) is 71.7 Å². The second kappa shape index (κ2) is 6.97. The molecule has 3 aromatic rings. The van der Waals surface area contributed by atoms with Crippen molar-refractivity contribution in [2.45, 2.75) is 25.8 Å². The molecule has 0 saturated carbocycles. The fourth-order valence-electron chi connectivity index (χ4n) is 2.92. The summed E-state index contributed by atoms with van der Waals surface area (Å²) in [5.41, 5.74) is 2.53. The third-order valence-electron chi connectivity index (χ3n) is 4.35. The number of para-hydroxylation sites is 1. The topological polar surface area (TPSA) is 56.9 Å². The second-order valence-corrected chi connectivity index (χ2v) is 6.62. The molecular formula is C20H22FN3O. The predicted octanol–water partition coefficient (Wildman–Crippen LogP) is 4.08. The van der Waals surface area contributed by atoms with E-state index in [-0.39, 0.29) is 11.8 Å². The molecule has 0 aliphatic carbocycles. The number of urea groups is 1. The maximum Gasteiger partial charge on any atom is 0.315 e. The zero-order valence-electron chi connectivity index (χ0n) is 14.4. The number of benzene rings is 2. The lowest BCUT2D eigenvalue weighted by Gasteiger charge is -2.27. The van der Waals surface area contributed by atoms with Crippen LogP contribution in [-0.2, 0) is 12.0 Å². The van der Waals surface area contributed by atoms with E-state index in [9.17, 15) is 9.18 Å². The van der Waals surface area contributed by atoms with E-state index in [2.05, 4.69) is 21.7 Å². The average molecular weight is 339 g/mol. The zero-order chi connectivity index (χ0) is 17.9. The Bertz CT molecular complexity index is 868. The van der Waals surface area contributed by atoms with E-state index in [1.807, 2.05) is 38.2 Å². The highest BCUT2D eigenvalue weighted by atomic mass is 19.1. The van der Waals surface area contributed by atoms with Crippen LogP contribution in [0.1, 0.15) is 25.0 Å². The molecule has 1 heterocycles. The Morgan fingerprint density at radius 1 is 1.12 bits per heavy atom. The van der Waals surface area contributed by atoms with Gasteiger partial charge in [-0.1, -0.05) is 30.3 Å². The maximum atomic E-state index is 13.0. The molecule has 0 spiro atoms. The number of carbonyl (C=O) groups is 1. The van der Waals surface area contributed by atoms with Crippen LogP contribution in [0.3, 0.4) is 0 Å². The highest BCUT2D eigenvalue weighted by molar-refractivity contribution is 5.83. The number of amides is 2. The fourth-order valence-corrected chi connectivity index (χ4v) is 2.92. The van der Waals surface area contributed by atoms with Crippen LogP contribution in [0.15, 0.2) is 54.7 Å². The molecule has 0 atom stereocenters. The van der Waals surface area contributed by atoms with Gasteiger partial charge in [0, 0.05) is 23.6 Å². The molecule has 130 valence electrons. The predicted molar refractivity (Wildman–Crippen MR) is 98.0 cm³/mol. The summed E-state index contributed by atoms with van der Waals surface area (Å²) in [4.78, 5) is 15.4. The minimum absolute atomic E-state index is 0.242. The van der Waals surface area contributed by atoms with Crippen LogP contribution in [0, 0.1) is 5.82 Å². The van der Waals surface area contributed by atoms with Crippen LogP contribution in [-0.4, -0.2) is 17.6 Å². The van der Waals surface area contributed by atoms with E-state index in [4.69, 9.17) is 0 Å². The lowest BCUT2D eigenvalue weighted by Crippen LogP contribution is -2.46. The Morgan fingerprint density at radius 2 is 1.84 bits per heavy atom. The molecule has 4 nitrogen and oxygen atoms in total. The van der Waals surface area contributed by atoms with Gasteiger partial charge in [-0.2, -0.15) is 0 Å². The van der Waals surface area contributed by atoms with Gasteiger partial charge in [-0.15, -0.1) is 0 Å². The van der Waals surface area contributed by atoms with Gasteiger partial charge < -0.3 is 15.6 Å². The molecule has 0 radical (unpaired) electrons. The molecule has 5 heteroatoms. The van der Waals surface area contributed by atoms with E-state index >= 15 is 0 Å². The first-order valence-corrected chi connectivity index (χ1v) is 8.33. The van der Waals surface area contributed by atoms with Gasteiger partial charge in [0.05, 0.1) is 5.54 Å². The van der Waals surface area contributed by atoms with Crippen molar-refractivity contribution >= 4 is 16.9 Å². The lowest BCUT2D eigenvalue weighted by atomic mass is 9.94. The molecule has 0 bridgehead atoms. The van der Waals surface area contributed by atoms with Crippen LogP contribution < -0.4 is 10.6 Å². The molecule has 2 aromatic carbocycles. The van der Waals surface area contributed by atoms with Gasteiger partial charge in [0.2, 0.25) is 0 Å². The number of nitrogens with one attached hydrogen (secondary N) is 3. The minimum Gasteiger partial charge on any atom is -0.361 e. The van der Waals surface area contributed by atoms with E-state index in [0.717, 1.165) is 17.5 Å². The maximum absolute atomic E-state index is 13.0. The average Bonchev–Trinajstić information content (AvgIpc) is 2.98. The number of hydrogen-bond acceptors (Lipinski definition) is 1. The Labute approximate surface area is 146 Å². The molecule has 25 heavy (non-hydrogen) atoms. The van der Waals surface area contributed by atoms with Gasteiger partial charge in [-0.25, -0.2) is 9.18 Å². The van der Waals surface area contributed by atoms with Gasteiger partial charge in [0.25, 0.3) is 0 Å². The van der Waals surface area contributed by atoms with Gasteiger partial charge >= 0.3 is 6.03 Å². The fraction of sp³-hybridized carbons (Fsp3) is 0.250. The molecule has 0 unspecified atom stereocenters. The number of aromatic amines is 1. The smallest absolute Gasteiger partial charge is 0.315 e. The third kappa shape index (κ3) is 3.99. The second-order valence-electron chi connectivity index (χ2n) is 6.62. The monoisotopic (exact) mass is 339 g/mol. The molecule has 0 aliphatic heterocycles. The molecule has 0 aliphatic rings. The summed E-state index contributed by atoms with van der Waals surface area (Å²) in [6.45, 7) is 4.31. The van der Waals surface area contributed by atoms with E-state index in [1.165, 1.54) is 23.1 Å². The Balaban J connectivity index is 1.55. The van der Waals surface area contributed by atoms with Gasteiger partial charge in [-0.05, 0) is 49.6 Å². The first kappa shape index (κ1) is 17.0. The van der Waals surface area contributed by atoms with Crippen molar-refractivity contribution in [2.24, 2.45) is 0 Å². The number of hydrogen-bond donors (Lipinski definition) is 3. The van der Waals surface area contributed by atoms with E-state index in [1.54, 1.807) is 12.1 Å². The first-order valence-electron chi connectivity index (χ1n) is 8.33. The summed E-state index contributed by atoms with van der Waals surface area (Å²) in [5, 5.41) is 6.99. The van der Waals surface area contributed by atoms with E-state index in [0.29, 0.717) is 6.54 Å². The third-order valence-corrected chi connectivity index (χ3v) is 4.35. The van der Waals surface area contributed by atoms with Crippen LogP contribution in [0.4, 0.5) is 9.18 Å². The van der Waals surface area contributed by atoms with Crippen molar-refractivity contribution in [3.63, 3.8) is 0 Å². The van der Waals surface area contributed by atoms with Crippen LogP contribution in [0.25, 0.3) is 10.9 Å². The molecule has 0 fully saturated rings. The molecule has 3 N–H and O–H groups in total. The Morgan fingerprint density at radius 3 is 2.60 bits per heavy atom. The van der Waals surface area contributed by atoms with Crippen molar-refractivity contribution < 1.29 is 9.18 Å².